The Morgan fingerprint density at radius 3 is 2.16 bits per heavy atom. The molecule has 0 amide bonds. The van der Waals surface area contributed by atoms with Crippen LogP contribution in [0.1, 0.15) is 16.0 Å². The highest BCUT2D eigenvalue weighted by atomic mass is 32.1. The lowest BCUT2D eigenvalue weighted by molar-refractivity contribution is 0.627. The first-order chi connectivity index (χ1) is 15.7. The van der Waals surface area contributed by atoms with Gasteiger partial charge in [0, 0.05) is 50.8 Å². The standard InChI is InChI=1S/C13H10FNS.C13H8FNS/c2*14-10-3-1-9(2-4-10)13-11-6-8-16-12(11)5-7-15-13/h1-4,6,8H,5,7H2;1-8H. The quantitative estimate of drug-likeness (QED) is 0.270. The molecule has 3 aromatic heterocycles. The van der Waals surface area contributed by atoms with Gasteiger partial charge in [0.15, 0.2) is 0 Å². The number of hydrogen-bond donors (Lipinski definition) is 0. The molecule has 5 aromatic rings. The molecule has 2 aromatic carbocycles. The fourth-order valence-electron chi connectivity index (χ4n) is 3.69. The van der Waals surface area contributed by atoms with Crippen molar-refractivity contribution in [2.75, 3.05) is 6.54 Å². The molecule has 0 fully saturated rings. The van der Waals surface area contributed by atoms with Gasteiger partial charge in [-0.05, 0) is 77.5 Å². The lowest BCUT2D eigenvalue weighted by Gasteiger charge is -2.12. The number of hydrogen-bond acceptors (Lipinski definition) is 4. The molecule has 0 unspecified atom stereocenters. The van der Waals surface area contributed by atoms with Crippen LogP contribution in [0.15, 0.2) is 88.7 Å². The van der Waals surface area contributed by atoms with E-state index in [2.05, 4.69) is 21.4 Å². The highest BCUT2D eigenvalue weighted by Crippen LogP contribution is 2.29. The van der Waals surface area contributed by atoms with Gasteiger partial charge in [-0.15, -0.1) is 22.7 Å². The first-order valence-corrected chi connectivity index (χ1v) is 11.9. The largest absolute Gasteiger partial charge is 0.284 e. The molecule has 158 valence electrons. The molecule has 0 saturated carbocycles. The summed E-state index contributed by atoms with van der Waals surface area (Å²) in [4.78, 5) is 10.3. The summed E-state index contributed by atoms with van der Waals surface area (Å²) in [6.07, 6.45) is 2.81. The number of nitrogens with zero attached hydrogens (tertiary/aromatic N) is 2. The van der Waals surface area contributed by atoms with E-state index in [1.54, 1.807) is 53.1 Å². The molecular formula is C26H18F2N2S2. The summed E-state index contributed by atoms with van der Waals surface area (Å²) in [5.41, 5.74) is 5.08. The van der Waals surface area contributed by atoms with E-state index < -0.39 is 0 Å². The van der Waals surface area contributed by atoms with Gasteiger partial charge in [-0.1, -0.05) is 0 Å². The maximum atomic E-state index is 12.9. The molecule has 0 saturated heterocycles. The van der Waals surface area contributed by atoms with Crippen LogP contribution in [-0.2, 0) is 6.42 Å². The van der Waals surface area contributed by atoms with E-state index in [0.29, 0.717) is 0 Å². The van der Waals surface area contributed by atoms with Gasteiger partial charge in [0.1, 0.15) is 11.6 Å². The Kier molecular flexibility index (Phi) is 5.88. The molecule has 0 aliphatic carbocycles. The Labute approximate surface area is 192 Å². The molecule has 2 nitrogen and oxygen atoms in total. The number of pyridine rings is 1. The SMILES string of the molecule is Fc1ccc(-c2nccc3sccc23)cc1.Fc1ccc(C2=NCCc3sccc32)cc1. The first kappa shape index (κ1) is 20.7. The number of fused-ring (bicyclic) bond motifs is 2. The van der Waals surface area contributed by atoms with Gasteiger partial charge in [0.05, 0.1) is 11.4 Å². The Hall–Kier alpha value is -3.22. The normalized spacial score (nSPS) is 12.6. The van der Waals surface area contributed by atoms with Crippen molar-refractivity contribution in [1.82, 2.24) is 4.98 Å². The topological polar surface area (TPSA) is 25.2 Å². The maximum absolute atomic E-state index is 12.9. The molecule has 6 rings (SSSR count). The third-order valence-corrected chi connectivity index (χ3v) is 7.09. The van der Waals surface area contributed by atoms with E-state index in [0.717, 1.165) is 40.9 Å². The number of aliphatic imine (C=N–C) groups is 1. The Balaban J connectivity index is 0.000000135. The molecule has 0 spiro atoms. The van der Waals surface area contributed by atoms with Gasteiger partial charge in [-0.2, -0.15) is 0 Å². The minimum absolute atomic E-state index is 0.203. The van der Waals surface area contributed by atoms with Crippen molar-refractivity contribution in [2.45, 2.75) is 6.42 Å². The summed E-state index contributed by atoms with van der Waals surface area (Å²) in [5.74, 6) is -0.424. The minimum Gasteiger partial charge on any atom is -0.284 e. The molecule has 6 heteroatoms. The summed E-state index contributed by atoms with van der Waals surface area (Å²) in [7, 11) is 0. The summed E-state index contributed by atoms with van der Waals surface area (Å²) in [5, 5.41) is 5.26. The predicted molar refractivity (Wildman–Crippen MR) is 130 cm³/mol. The highest BCUT2D eigenvalue weighted by Gasteiger charge is 2.16. The number of aromatic nitrogens is 1. The first-order valence-electron chi connectivity index (χ1n) is 10.1. The lowest BCUT2D eigenvalue weighted by Crippen LogP contribution is -2.11. The van der Waals surface area contributed by atoms with Gasteiger partial charge in [0.2, 0.25) is 0 Å². The van der Waals surface area contributed by atoms with Crippen molar-refractivity contribution in [2.24, 2.45) is 4.99 Å². The number of benzene rings is 2. The average Bonchev–Trinajstić information content (AvgIpc) is 3.50. The Morgan fingerprint density at radius 2 is 1.41 bits per heavy atom. The molecule has 0 radical (unpaired) electrons. The Bertz CT molecular complexity index is 1380. The summed E-state index contributed by atoms with van der Waals surface area (Å²) < 4.78 is 26.9. The van der Waals surface area contributed by atoms with Crippen molar-refractivity contribution >= 4 is 38.5 Å². The second-order valence-corrected chi connectivity index (χ2v) is 9.19. The second kappa shape index (κ2) is 9.10. The second-order valence-electron chi connectivity index (χ2n) is 7.24. The van der Waals surface area contributed by atoms with Gasteiger partial charge in [0.25, 0.3) is 0 Å². The third-order valence-electron chi connectivity index (χ3n) is 5.22. The smallest absolute Gasteiger partial charge is 0.123 e. The van der Waals surface area contributed by atoms with E-state index in [1.165, 1.54) is 39.4 Å². The molecule has 0 atom stereocenters. The molecule has 0 bridgehead atoms. The van der Waals surface area contributed by atoms with E-state index in [-0.39, 0.29) is 11.6 Å². The molecular weight excluding hydrogens is 442 g/mol. The molecule has 32 heavy (non-hydrogen) atoms. The van der Waals surface area contributed by atoms with Crippen LogP contribution in [0.4, 0.5) is 8.78 Å². The van der Waals surface area contributed by atoms with Gasteiger partial charge >= 0.3 is 0 Å². The fourth-order valence-corrected chi connectivity index (χ4v) is 5.34. The van der Waals surface area contributed by atoms with Crippen LogP contribution in [0.3, 0.4) is 0 Å². The van der Waals surface area contributed by atoms with Crippen LogP contribution in [0.25, 0.3) is 21.3 Å². The van der Waals surface area contributed by atoms with E-state index in [9.17, 15) is 8.78 Å². The van der Waals surface area contributed by atoms with Crippen LogP contribution in [-0.4, -0.2) is 17.2 Å². The van der Waals surface area contributed by atoms with E-state index in [1.807, 2.05) is 17.5 Å². The van der Waals surface area contributed by atoms with Crippen LogP contribution in [0.2, 0.25) is 0 Å². The van der Waals surface area contributed by atoms with Crippen molar-refractivity contribution in [1.29, 1.82) is 0 Å². The summed E-state index contributed by atoms with van der Waals surface area (Å²) in [6, 6.07) is 19.1. The lowest BCUT2D eigenvalue weighted by atomic mass is 10.00. The monoisotopic (exact) mass is 460 g/mol. The number of halogens is 2. The van der Waals surface area contributed by atoms with Gasteiger partial charge in [-0.3, -0.25) is 9.98 Å². The van der Waals surface area contributed by atoms with Crippen LogP contribution >= 0.6 is 22.7 Å². The van der Waals surface area contributed by atoms with Crippen molar-refractivity contribution in [3.63, 3.8) is 0 Å². The predicted octanol–water partition coefficient (Wildman–Crippen LogP) is 7.38. The van der Waals surface area contributed by atoms with Crippen molar-refractivity contribution < 1.29 is 8.78 Å². The van der Waals surface area contributed by atoms with Crippen LogP contribution in [0.5, 0.6) is 0 Å². The fraction of sp³-hybridized carbons (Fsp3) is 0.0769. The summed E-state index contributed by atoms with van der Waals surface area (Å²) in [6.45, 7) is 0.834. The number of thiophene rings is 2. The highest BCUT2D eigenvalue weighted by molar-refractivity contribution is 7.17. The minimum atomic E-state index is -0.221. The summed E-state index contributed by atoms with van der Waals surface area (Å²) >= 11 is 3.46. The van der Waals surface area contributed by atoms with E-state index >= 15 is 0 Å². The van der Waals surface area contributed by atoms with Crippen LogP contribution in [0, 0.1) is 11.6 Å². The molecule has 1 aliphatic heterocycles. The molecule has 0 N–H and O–H groups in total. The maximum Gasteiger partial charge on any atom is 0.123 e. The van der Waals surface area contributed by atoms with Gasteiger partial charge < -0.3 is 0 Å². The third kappa shape index (κ3) is 4.24. The average molecular weight is 461 g/mol. The van der Waals surface area contributed by atoms with E-state index in [4.69, 9.17) is 0 Å². The van der Waals surface area contributed by atoms with Crippen molar-refractivity contribution in [3.8, 4) is 11.3 Å². The molecule has 1 aliphatic rings. The number of rotatable bonds is 2. The zero-order valence-corrected chi connectivity index (χ0v) is 18.6. The zero-order chi connectivity index (χ0) is 21.9. The van der Waals surface area contributed by atoms with Crippen LogP contribution < -0.4 is 0 Å². The molecule has 4 heterocycles. The Morgan fingerprint density at radius 1 is 0.719 bits per heavy atom. The van der Waals surface area contributed by atoms with Gasteiger partial charge in [-0.25, -0.2) is 8.78 Å². The zero-order valence-electron chi connectivity index (χ0n) is 17.0. The van der Waals surface area contributed by atoms with Crippen molar-refractivity contribution in [3.05, 3.63) is 111 Å².